The topological polar surface area (TPSA) is 14.8 Å². The molecule has 0 amide bonds. The molecule has 0 radical (unpaired) electrons. The SMILES string of the molecule is CC.CC.CC.CC.CC.CC.CC.CC.CC.CC.CC.CC.CC.CC.CC.c1ccc2c(c1)Cc1c-2ccc2c1-c1c(cc3c4ccccc4n4c3c1Cc1ccccc1-4)C2.c1ccc2c(c1)Cc1cc3c(cc1-2)-c1c(cc2c4ccccc4n4c2c1Cc1ccccc1-4)C3.c1ccc2c(c1)Cc1ccc3c(c1-2)-c1c(cc2c4ccccc4n4c2c1Cc1ccccc1-4)C3. The Morgan fingerprint density at radius 1 is 0.144 bits per heavy atom. The molecule has 6 heterocycles. The molecule has 3 nitrogen and oxygen atoms in total. The summed E-state index contributed by atoms with van der Waals surface area (Å²) in [7, 11) is 0. The van der Waals surface area contributed by atoms with E-state index in [4.69, 9.17) is 0 Å². The summed E-state index contributed by atoms with van der Waals surface area (Å²) in [5.41, 5.74) is 56.6. The van der Waals surface area contributed by atoms with E-state index in [2.05, 4.69) is 287 Å². The van der Waals surface area contributed by atoms with E-state index in [1.54, 1.807) is 0 Å². The lowest BCUT2D eigenvalue weighted by atomic mass is 9.86. The van der Waals surface area contributed by atoms with Gasteiger partial charge in [-0.25, -0.2) is 0 Å². The lowest BCUT2D eigenvalue weighted by Crippen LogP contribution is -2.09. The van der Waals surface area contributed by atoms with Crippen LogP contribution in [0.2, 0.25) is 0 Å². The highest BCUT2D eigenvalue weighted by molar-refractivity contribution is 6.17. The highest BCUT2D eigenvalue weighted by Crippen LogP contribution is 2.58. The quantitative estimate of drug-likeness (QED) is 0.144. The van der Waals surface area contributed by atoms with Crippen LogP contribution in [0.5, 0.6) is 0 Å². The van der Waals surface area contributed by atoms with Crippen LogP contribution in [-0.2, 0) is 57.8 Å². The predicted octanol–water partition coefficient (Wildman–Crippen LogP) is 38.9. The molecule has 3 aromatic heterocycles. The normalized spacial score (nSPS) is 11.6. The third-order valence-corrected chi connectivity index (χ3v) is 25.3. The number of benzene rings is 15. The molecule has 9 aliphatic rings. The van der Waals surface area contributed by atoms with Crippen LogP contribution in [0, 0.1) is 0 Å². The van der Waals surface area contributed by atoms with Crippen molar-refractivity contribution in [1.29, 1.82) is 0 Å². The second-order valence-electron chi connectivity index (χ2n) is 30.3. The van der Waals surface area contributed by atoms with Crippen molar-refractivity contribution >= 4 is 65.4 Å². The van der Waals surface area contributed by atoms with Crippen molar-refractivity contribution in [2.24, 2.45) is 0 Å². The van der Waals surface area contributed by atoms with Crippen LogP contribution in [0.1, 0.15) is 308 Å². The molecule has 0 atom stereocenters. The minimum Gasteiger partial charge on any atom is -0.309 e. The molecule has 684 valence electrons. The maximum absolute atomic E-state index is 2.54. The van der Waals surface area contributed by atoms with E-state index in [0.29, 0.717) is 0 Å². The number of hydrogen-bond donors (Lipinski definition) is 0. The van der Waals surface area contributed by atoms with Crippen LogP contribution < -0.4 is 0 Å². The average Bonchev–Trinajstić information content (AvgIpc) is 1.54. The molecule has 0 N–H and O–H groups in total. The number of rotatable bonds is 0. The van der Waals surface area contributed by atoms with Gasteiger partial charge in [0.2, 0.25) is 0 Å². The van der Waals surface area contributed by atoms with Gasteiger partial charge in [0.15, 0.2) is 0 Å². The summed E-state index contributed by atoms with van der Waals surface area (Å²) in [6.07, 6.45) is 9.27. The molecule has 27 rings (SSSR count). The maximum atomic E-state index is 2.54. The van der Waals surface area contributed by atoms with Crippen molar-refractivity contribution in [2.45, 2.75) is 265 Å². The van der Waals surface area contributed by atoms with Gasteiger partial charge in [-0.1, -0.05) is 420 Å². The monoisotopic (exact) mass is 1740 g/mol. The van der Waals surface area contributed by atoms with Gasteiger partial charge in [0.05, 0.1) is 33.1 Å². The molecular formula is C129H153N3. The molecule has 132 heavy (non-hydrogen) atoms. The van der Waals surface area contributed by atoms with E-state index >= 15 is 0 Å². The van der Waals surface area contributed by atoms with Gasteiger partial charge in [-0.3, -0.25) is 0 Å². The zero-order valence-electron chi connectivity index (χ0n) is 86.2. The Morgan fingerprint density at radius 2 is 0.409 bits per heavy atom. The third-order valence-electron chi connectivity index (χ3n) is 25.3. The molecule has 0 unspecified atom stereocenters. The number of hydrogen-bond acceptors (Lipinski definition) is 0. The highest BCUT2D eigenvalue weighted by atomic mass is 15.0. The number of aromatic nitrogens is 3. The first-order chi connectivity index (χ1) is 65.6. The van der Waals surface area contributed by atoms with Gasteiger partial charge in [0.1, 0.15) is 0 Å². The fraction of sp³-hybridized carbons (Fsp3) is 0.302. The van der Waals surface area contributed by atoms with Gasteiger partial charge in [0.25, 0.3) is 0 Å². The van der Waals surface area contributed by atoms with Gasteiger partial charge >= 0.3 is 0 Å². The highest BCUT2D eigenvalue weighted by Gasteiger charge is 2.38. The van der Waals surface area contributed by atoms with Gasteiger partial charge < -0.3 is 13.7 Å². The Balaban J connectivity index is 0.000000180. The van der Waals surface area contributed by atoms with E-state index in [-0.39, 0.29) is 0 Å². The zero-order chi connectivity index (χ0) is 95.9. The Hall–Kier alpha value is -12.3. The summed E-state index contributed by atoms with van der Waals surface area (Å²) in [5, 5.41) is 8.32. The Kier molecular flexibility index (Phi) is 36.8. The smallest absolute Gasteiger partial charge is 0.0582 e. The predicted molar refractivity (Wildman–Crippen MR) is 590 cm³/mol. The fourth-order valence-electron chi connectivity index (χ4n) is 21.3. The molecule has 0 spiro atoms. The Morgan fingerprint density at radius 3 is 0.833 bits per heavy atom. The lowest BCUT2D eigenvalue weighted by Gasteiger charge is -2.24. The maximum Gasteiger partial charge on any atom is 0.0582 e. The van der Waals surface area contributed by atoms with Crippen LogP contribution in [0.25, 0.3) is 149 Å². The Labute approximate surface area is 796 Å². The number of nitrogens with zero attached hydrogens (tertiary/aromatic N) is 3. The van der Waals surface area contributed by atoms with Crippen LogP contribution >= 0.6 is 0 Å². The average molecular weight is 1750 g/mol. The molecule has 18 aromatic rings. The second-order valence-corrected chi connectivity index (χ2v) is 30.3. The lowest BCUT2D eigenvalue weighted by molar-refractivity contribution is 1.04. The molecule has 0 fully saturated rings. The number of fused-ring (bicyclic) bond motifs is 38. The Bertz CT molecular complexity index is 6960. The number of para-hydroxylation sites is 6. The van der Waals surface area contributed by atoms with E-state index < -0.39 is 0 Å². The molecular weight excluding hydrogens is 1590 g/mol. The summed E-state index contributed by atoms with van der Waals surface area (Å²) in [6, 6.07) is 103. The standard InChI is InChI=1S/3C33H21N.15C2H6/c1-3-9-24-19(7-1)13-21-14-22-15-23-17-28-25-10-4-6-12-31(25)34-30-11-5-2-8-20(30)16-29(33(28)34)32(23)27(22)18-26(21)24;1-3-9-23-19(7-1)16-26-24(23)14-13-21-15-22-18-27-25-10-4-6-12-30(25)34-29-11-5-2-8-20(29)17-28(33(27)34)32(22)31(21)26;1-3-9-24-19(7-1)15-21-13-14-22-16-23-18-26-25-10-4-6-12-29(25)34-28-11-5-2-8-20(28)17-27(33(26)34)31(23)32(22)30(21)24;15*1-2/h1-12,14,17-18H,13,15-16H2;2*1-14,18H,15-17H2;15*1-2H3. The van der Waals surface area contributed by atoms with E-state index in [1.165, 1.54) is 249 Å². The summed E-state index contributed by atoms with van der Waals surface area (Å²) in [6.45, 7) is 60.0. The van der Waals surface area contributed by atoms with Gasteiger partial charge in [-0.05, 0) is 266 Å². The van der Waals surface area contributed by atoms with Crippen molar-refractivity contribution in [3.63, 3.8) is 0 Å². The zero-order valence-corrected chi connectivity index (χ0v) is 86.2. The van der Waals surface area contributed by atoms with Crippen LogP contribution in [0.4, 0.5) is 0 Å². The van der Waals surface area contributed by atoms with Crippen LogP contribution in [0.15, 0.2) is 273 Å². The molecule has 6 aliphatic carbocycles. The summed E-state index contributed by atoms with van der Waals surface area (Å²) < 4.78 is 7.60. The molecule has 3 aliphatic heterocycles. The van der Waals surface area contributed by atoms with Crippen molar-refractivity contribution in [3.8, 4) is 83.8 Å². The molecule has 15 aromatic carbocycles. The first-order valence-corrected chi connectivity index (χ1v) is 51.8. The van der Waals surface area contributed by atoms with Crippen molar-refractivity contribution < 1.29 is 0 Å². The fourth-order valence-corrected chi connectivity index (χ4v) is 21.3. The van der Waals surface area contributed by atoms with Crippen molar-refractivity contribution in [1.82, 2.24) is 13.7 Å². The molecule has 0 saturated carbocycles. The van der Waals surface area contributed by atoms with Gasteiger partial charge in [0, 0.05) is 68.6 Å². The second kappa shape index (κ2) is 47.7. The molecule has 0 saturated heterocycles. The van der Waals surface area contributed by atoms with Crippen molar-refractivity contribution in [2.75, 3.05) is 0 Å². The third kappa shape index (κ3) is 17.3. The largest absolute Gasteiger partial charge is 0.309 e. The first kappa shape index (κ1) is 102. The summed E-state index contributed by atoms with van der Waals surface area (Å²) in [4.78, 5) is 0. The molecule has 0 bridgehead atoms. The van der Waals surface area contributed by atoms with Crippen LogP contribution in [-0.4, -0.2) is 13.7 Å². The van der Waals surface area contributed by atoms with Crippen molar-refractivity contribution in [3.05, 3.63) is 373 Å². The summed E-state index contributed by atoms with van der Waals surface area (Å²) in [5.74, 6) is 0. The van der Waals surface area contributed by atoms with E-state index in [9.17, 15) is 0 Å². The van der Waals surface area contributed by atoms with Gasteiger partial charge in [-0.15, -0.1) is 0 Å². The summed E-state index contributed by atoms with van der Waals surface area (Å²) >= 11 is 0. The van der Waals surface area contributed by atoms with Gasteiger partial charge in [-0.2, -0.15) is 0 Å². The van der Waals surface area contributed by atoms with Crippen LogP contribution in [0.3, 0.4) is 0 Å². The van der Waals surface area contributed by atoms with E-state index in [1.807, 2.05) is 208 Å². The minimum atomic E-state index is 0.997. The van der Waals surface area contributed by atoms with E-state index in [0.717, 1.165) is 57.8 Å². The molecule has 3 heteroatoms. The minimum absolute atomic E-state index is 0.997. The first-order valence-electron chi connectivity index (χ1n) is 51.8.